The fourth-order valence-corrected chi connectivity index (χ4v) is 2.16. The van der Waals surface area contributed by atoms with Crippen molar-refractivity contribution in [3.63, 3.8) is 0 Å². The molecule has 0 spiro atoms. The highest BCUT2D eigenvalue weighted by Crippen LogP contribution is 2.10. The number of amides is 1. The number of anilines is 1. The van der Waals surface area contributed by atoms with Gasteiger partial charge >= 0.3 is 0 Å². The quantitative estimate of drug-likeness (QED) is 0.817. The molecule has 0 bridgehead atoms. The first kappa shape index (κ1) is 17.2. The Balaban J connectivity index is 1.81. The van der Waals surface area contributed by atoms with E-state index in [1.807, 2.05) is 24.3 Å². The maximum Gasteiger partial charge on any atom is 0.271 e. The monoisotopic (exact) mass is 332 g/mol. The lowest BCUT2D eigenvalue weighted by molar-refractivity contribution is 0.0949. The van der Waals surface area contributed by atoms with Gasteiger partial charge in [0.1, 0.15) is 11.5 Å². The van der Waals surface area contributed by atoms with Crippen molar-refractivity contribution in [3.05, 3.63) is 52.9 Å². The molecular weight excluding hydrogens is 312 g/mol. The Morgan fingerprint density at radius 3 is 2.74 bits per heavy atom. The molecule has 0 unspecified atom stereocenters. The standard InChI is InChI=1S/C17H21ClN4O/c1-12(2)9-21-16-11-20-15(10-22-16)17(23)19-7-6-13-4-3-5-14(18)8-13/h3-5,8,10-12H,6-7,9H2,1-2H3,(H,19,23)(H,21,22). The number of benzene rings is 1. The maximum atomic E-state index is 12.0. The first-order valence-corrected chi connectivity index (χ1v) is 8.01. The molecule has 6 heteroatoms. The van der Waals surface area contributed by atoms with Crippen LogP contribution in [0.5, 0.6) is 0 Å². The lowest BCUT2D eigenvalue weighted by atomic mass is 10.1. The second-order valence-electron chi connectivity index (χ2n) is 5.70. The molecule has 2 rings (SSSR count). The Morgan fingerprint density at radius 1 is 1.26 bits per heavy atom. The minimum atomic E-state index is -0.227. The van der Waals surface area contributed by atoms with Crippen LogP contribution in [0.4, 0.5) is 5.82 Å². The number of hydrogen-bond donors (Lipinski definition) is 2. The van der Waals surface area contributed by atoms with Crippen LogP contribution in [0.25, 0.3) is 0 Å². The molecule has 1 aromatic carbocycles. The van der Waals surface area contributed by atoms with Gasteiger partial charge in [0, 0.05) is 18.1 Å². The number of nitrogens with zero attached hydrogens (tertiary/aromatic N) is 2. The minimum Gasteiger partial charge on any atom is -0.369 e. The van der Waals surface area contributed by atoms with Crippen LogP contribution in [0.3, 0.4) is 0 Å². The molecule has 0 fully saturated rings. The van der Waals surface area contributed by atoms with Crippen molar-refractivity contribution in [2.75, 3.05) is 18.4 Å². The molecule has 0 aliphatic rings. The number of hydrogen-bond acceptors (Lipinski definition) is 4. The lowest BCUT2D eigenvalue weighted by Crippen LogP contribution is -2.26. The van der Waals surface area contributed by atoms with Gasteiger partial charge in [0.25, 0.3) is 5.91 Å². The summed E-state index contributed by atoms with van der Waals surface area (Å²) < 4.78 is 0. The van der Waals surface area contributed by atoms with Gasteiger partial charge in [-0.15, -0.1) is 0 Å². The molecular formula is C17H21ClN4O. The summed E-state index contributed by atoms with van der Waals surface area (Å²) in [7, 11) is 0. The molecule has 2 N–H and O–H groups in total. The normalized spacial score (nSPS) is 10.6. The Bertz CT molecular complexity index is 643. The molecule has 5 nitrogen and oxygen atoms in total. The molecule has 2 aromatic rings. The van der Waals surface area contributed by atoms with E-state index in [1.54, 1.807) is 6.20 Å². The SMILES string of the molecule is CC(C)CNc1cnc(C(=O)NCCc2cccc(Cl)c2)cn1. The van der Waals surface area contributed by atoms with E-state index in [1.165, 1.54) is 6.20 Å². The second-order valence-corrected chi connectivity index (χ2v) is 6.13. The number of rotatable bonds is 7. The van der Waals surface area contributed by atoms with Gasteiger partial charge in [-0.25, -0.2) is 9.97 Å². The molecule has 122 valence electrons. The summed E-state index contributed by atoms with van der Waals surface area (Å²) in [4.78, 5) is 20.4. The zero-order valence-electron chi connectivity index (χ0n) is 13.3. The van der Waals surface area contributed by atoms with Crippen LogP contribution in [0.2, 0.25) is 5.02 Å². The van der Waals surface area contributed by atoms with E-state index in [4.69, 9.17) is 11.6 Å². The highest BCUT2D eigenvalue weighted by molar-refractivity contribution is 6.30. The van der Waals surface area contributed by atoms with E-state index >= 15 is 0 Å². The molecule has 1 amide bonds. The predicted molar refractivity (Wildman–Crippen MR) is 92.8 cm³/mol. The van der Waals surface area contributed by atoms with Crippen molar-refractivity contribution in [2.24, 2.45) is 5.92 Å². The third kappa shape index (κ3) is 5.87. The van der Waals surface area contributed by atoms with Gasteiger partial charge in [-0.3, -0.25) is 4.79 Å². The van der Waals surface area contributed by atoms with Crippen molar-refractivity contribution in [2.45, 2.75) is 20.3 Å². The van der Waals surface area contributed by atoms with Gasteiger partial charge < -0.3 is 10.6 Å². The van der Waals surface area contributed by atoms with E-state index in [0.29, 0.717) is 35.4 Å². The number of halogens is 1. The predicted octanol–water partition coefficient (Wildman–Crippen LogP) is 3.17. The summed E-state index contributed by atoms with van der Waals surface area (Å²) in [5.74, 6) is 0.968. The van der Waals surface area contributed by atoms with Gasteiger partial charge in [0.2, 0.25) is 0 Å². The molecule has 0 aliphatic heterocycles. The van der Waals surface area contributed by atoms with E-state index in [2.05, 4.69) is 34.4 Å². The molecule has 0 saturated heterocycles. The summed E-state index contributed by atoms with van der Waals surface area (Å²) >= 11 is 5.93. The summed E-state index contributed by atoms with van der Waals surface area (Å²) in [6.45, 7) is 5.57. The summed E-state index contributed by atoms with van der Waals surface area (Å²) in [5.41, 5.74) is 1.39. The topological polar surface area (TPSA) is 66.9 Å². The van der Waals surface area contributed by atoms with E-state index in [0.717, 1.165) is 12.1 Å². The summed E-state index contributed by atoms with van der Waals surface area (Å²) in [5, 5.41) is 6.69. The van der Waals surface area contributed by atoms with Crippen LogP contribution in [-0.4, -0.2) is 29.0 Å². The maximum absolute atomic E-state index is 12.0. The Labute approximate surface area is 141 Å². The zero-order valence-corrected chi connectivity index (χ0v) is 14.1. The Morgan fingerprint density at radius 2 is 2.09 bits per heavy atom. The largest absolute Gasteiger partial charge is 0.369 e. The fraction of sp³-hybridized carbons (Fsp3) is 0.353. The average Bonchev–Trinajstić information content (AvgIpc) is 2.53. The number of nitrogens with one attached hydrogen (secondary N) is 2. The third-order valence-corrected chi connectivity index (χ3v) is 3.40. The van der Waals surface area contributed by atoms with Gasteiger partial charge in [0.15, 0.2) is 0 Å². The Hall–Kier alpha value is -2.14. The summed E-state index contributed by atoms with van der Waals surface area (Å²) in [6.07, 6.45) is 3.78. The van der Waals surface area contributed by atoms with E-state index in [9.17, 15) is 4.79 Å². The number of carbonyl (C=O) groups excluding carboxylic acids is 1. The van der Waals surface area contributed by atoms with Crippen molar-refractivity contribution in [1.82, 2.24) is 15.3 Å². The first-order valence-electron chi connectivity index (χ1n) is 7.63. The van der Waals surface area contributed by atoms with E-state index in [-0.39, 0.29) is 5.91 Å². The van der Waals surface area contributed by atoms with Crippen LogP contribution in [0, 0.1) is 5.92 Å². The van der Waals surface area contributed by atoms with Crippen LogP contribution in [-0.2, 0) is 6.42 Å². The van der Waals surface area contributed by atoms with Crippen molar-refractivity contribution in [3.8, 4) is 0 Å². The van der Waals surface area contributed by atoms with Crippen molar-refractivity contribution in [1.29, 1.82) is 0 Å². The highest BCUT2D eigenvalue weighted by atomic mass is 35.5. The molecule has 1 aromatic heterocycles. The molecule has 1 heterocycles. The van der Waals surface area contributed by atoms with Gasteiger partial charge in [-0.2, -0.15) is 0 Å². The fourth-order valence-electron chi connectivity index (χ4n) is 1.95. The summed E-state index contributed by atoms with van der Waals surface area (Å²) in [6, 6.07) is 7.59. The first-order chi connectivity index (χ1) is 11.0. The van der Waals surface area contributed by atoms with Crippen LogP contribution < -0.4 is 10.6 Å². The number of aromatic nitrogens is 2. The lowest BCUT2D eigenvalue weighted by Gasteiger charge is -2.08. The molecule has 0 aliphatic carbocycles. The van der Waals surface area contributed by atoms with Gasteiger partial charge in [0.05, 0.1) is 12.4 Å². The third-order valence-electron chi connectivity index (χ3n) is 3.16. The van der Waals surface area contributed by atoms with Gasteiger partial charge in [-0.1, -0.05) is 37.6 Å². The van der Waals surface area contributed by atoms with Crippen LogP contribution in [0.1, 0.15) is 29.9 Å². The molecule has 0 atom stereocenters. The smallest absolute Gasteiger partial charge is 0.271 e. The average molecular weight is 333 g/mol. The molecule has 0 radical (unpaired) electrons. The van der Waals surface area contributed by atoms with E-state index < -0.39 is 0 Å². The van der Waals surface area contributed by atoms with Crippen molar-refractivity contribution < 1.29 is 4.79 Å². The Kier molecular flexibility index (Phi) is 6.35. The minimum absolute atomic E-state index is 0.227. The zero-order chi connectivity index (χ0) is 16.7. The van der Waals surface area contributed by atoms with Crippen LogP contribution in [0.15, 0.2) is 36.7 Å². The highest BCUT2D eigenvalue weighted by Gasteiger charge is 2.07. The second kappa shape index (κ2) is 8.48. The molecule has 23 heavy (non-hydrogen) atoms. The van der Waals surface area contributed by atoms with Crippen LogP contribution >= 0.6 is 11.6 Å². The van der Waals surface area contributed by atoms with Gasteiger partial charge in [-0.05, 0) is 30.0 Å². The molecule has 0 saturated carbocycles. The van der Waals surface area contributed by atoms with Crippen molar-refractivity contribution >= 4 is 23.3 Å². The number of carbonyl (C=O) groups is 1.